The van der Waals surface area contributed by atoms with E-state index in [1.165, 1.54) is 5.57 Å². The van der Waals surface area contributed by atoms with E-state index in [0.717, 1.165) is 25.9 Å². The monoisotopic (exact) mass is 199 g/mol. The Bertz CT molecular complexity index is 180. The van der Waals surface area contributed by atoms with Crippen LogP contribution in [0.3, 0.4) is 0 Å². The maximum atomic E-state index is 11.2. The topological polar surface area (TPSA) is 29.5 Å². The second-order valence-electron chi connectivity index (χ2n) is 2.94. The number of likely N-dealkylation sites (tertiary alicyclic amines) is 1. The number of hydrogen-bond donors (Lipinski definition) is 0. The van der Waals surface area contributed by atoms with Crippen LogP contribution in [0.5, 0.6) is 0 Å². The lowest BCUT2D eigenvalue weighted by Crippen LogP contribution is -2.36. The van der Waals surface area contributed by atoms with Crippen molar-refractivity contribution in [1.29, 1.82) is 0 Å². The summed E-state index contributed by atoms with van der Waals surface area (Å²) in [6.07, 6.45) is 1.64. The smallest absolute Gasteiger partial charge is 0.409 e. The van der Waals surface area contributed by atoms with E-state index in [9.17, 15) is 4.79 Å². The number of amides is 1. The van der Waals surface area contributed by atoms with Gasteiger partial charge in [0.25, 0.3) is 0 Å². The largest absolute Gasteiger partial charge is 0.450 e. The lowest BCUT2D eigenvalue weighted by atomic mass is 10.1. The molecule has 1 aliphatic heterocycles. The van der Waals surface area contributed by atoms with E-state index >= 15 is 0 Å². The summed E-state index contributed by atoms with van der Waals surface area (Å²) in [5.74, 6) is 0. The summed E-state index contributed by atoms with van der Waals surface area (Å²) in [6.45, 7) is 11.7. The quantitative estimate of drug-likeness (QED) is 0.608. The van der Waals surface area contributed by atoms with Crippen LogP contribution in [0.4, 0.5) is 4.79 Å². The molecule has 1 saturated heterocycles. The molecule has 0 radical (unpaired) electrons. The molecule has 0 spiro atoms. The fourth-order valence-corrected chi connectivity index (χ4v) is 1.22. The lowest BCUT2D eigenvalue weighted by Gasteiger charge is -2.26. The zero-order valence-corrected chi connectivity index (χ0v) is 9.51. The van der Waals surface area contributed by atoms with E-state index < -0.39 is 0 Å². The highest BCUT2D eigenvalue weighted by molar-refractivity contribution is 5.67. The third kappa shape index (κ3) is 4.30. The van der Waals surface area contributed by atoms with Crippen molar-refractivity contribution in [3.05, 3.63) is 12.2 Å². The molecule has 1 heterocycles. The highest BCUT2D eigenvalue weighted by Crippen LogP contribution is 2.14. The molecular formula is C11H21NO2. The van der Waals surface area contributed by atoms with Crippen molar-refractivity contribution in [1.82, 2.24) is 4.90 Å². The molecule has 3 nitrogen and oxygen atoms in total. The predicted molar refractivity (Wildman–Crippen MR) is 58.3 cm³/mol. The maximum Gasteiger partial charge on any atom is 0.409 e. The third-order valence-electron chi connectivity index (χ3n) is 2.00. The first-order chi connectivity index (χ1) is 6.74. The van der Waals surface area contributed by atoms with Crippen LogP contribution >= 0.6 is 0 Å². The minimum absolute atomic E-state index is 0.190. The van der Waals surface area contributed by atoms with Gasteiger partial charge in [-0.05, 0) is 19.8 Å². The maximum absolute atomic E-state index is 11.2. The highest BCUT2D eigenvalue weighted by atomic mass is 16.6. The molecule has 0 atom stereocenters. The highest BCUT2D eigenvalue weighted by Gasteiger charge is 2.18. The Kier molecular flexibility index (Phi) is 6.89. The molecule has 0 aromatic rings. The summed E-state index contributed by atoms with van der Waals surface area (Å²) in [4.78, 5) is 12.9. The van der Waals surface area contributed by atoms with Gasteiger partial charge in [-0.1, -0.05) is 26.0 Å². The SMILES string of the molecule is C=C1CCN(C(=O)OCC)CC1.CC. The van der Waals surface area contributed by atoms with Gasteiger partial charge in [0.2, 0.25) is 0 Å². The fourth-order valence-electron chi connectivity index (χ4n) is 1.22. The van der Waals surface area contributed by atoms with E-state index in [4.69, 9.17) is 4.74 Å². The molecule has 1 rings (SSSR count). The van der Waals surface area contributed by atoms with Crippen molar-refractivity contribution < 1.29 is 9.53 Å². The molecule has 0 aromatic carbocycles. The van der Waals surface area contributed by atoms with E-state index in [2.05, 4.69) is 6.58 Å². The van der Waals surface area contributed by atoms with Crippen molar-refractivity contribution in [3.8, 4) is 0 Å². The van der Waals surface area contributed by atoms with Gasteiger partial charge in [-0.15, -0.1) is 0 Å². The van der Waals surface area contributed by atoms with E-state index in [0.29, 0.717) is 6.61 Å². The van der Waals surface area contributed by atoms with Gasteiger partial charge in [0.15, 0.2) is 0 Å². The first-order valence-electron chi connectivity index (χ1n) is 5.32. The van der Waals surface area contributed by atoms with Gasteiger partial charge in [-0.3, -0.25) is 0 Å². The zero-order valence-electron chi connectivity index (χ0n) is 9.51. The minimum atomic E-state index is -0.190. The number of hydrogen-bond acceptors (Lipinski definition) is 2. The lowest BCUT2D eigenvalue weighted by molar-refractivity contribution is 0.104. The Labute approximate surface area is 86.7 Å². The number of carbonyl (C=O) groups excluding carboxylic acids is 1. The molecule has 3 heteroatoms. The van der Waals surface area contributed by atoms with Gasteiger partial charge in [-0.25, -0.2) is 4.79 Å². The number of rotatable bonds is 1. The van der Waals surface area contributed by atoms with Crippen LogP contribution in [0.25, 0.3) is 0 Å². The average molecular weight is 199 g/mol. The van der Waals surface area contributed by atoms with Crippen molar-refractivity contribution in [3.63, 3.8) is 0 Å². The van der Waals surface area contributed by atoms with E-state index in [1.54, 1.807) is 4.90 Å². The molecule has 82 valence electrons. The van der Waals surface area contributed by atoms with Gasteiger partial charge in [0.05, 0.1) is 6.61 Å². The normalized spacial score (nSPS) is 15.6. The summed E-state index contributed by atoms with van der Waals surface area (Å²) in [5.41, 5.74) is 1.23. The second-order valence-corrected chi connectivity index (χ2v) is 2.94. The van der Waals surface area contributed by atoms with Crippen LogP contribution < -0.4 is 0 Å². The molecule has 0 aliphatic carbocycles. The van der Waals surface area contributed by atoms with Crippen molar-refractivity contribution in [2.45, 2.75) is 33.6 Å². The Hall–Kier alpha value is -0.990. The number of carbonyl (C=O) groups is 1. The van der Waals surface area contributed by atoms with Gasteiger partial charge >= 0.3 is 6.09 Å². The first kappa shape index (κ1) is 13.0. The summed E-state index contributed by atoms with van der Waals surface area (Å²) in [7, 11) is 0. The van der Waals surface area contributed by atoms with Crippen LogP contribution in [0.15, 0.2) is 12.2 Å². The summed E-state index contributed by atoms with van der Waals surface area (Å²) in [5, 5.41) is 0. The average Bonchev–Trinajstić information content (AvgIpc) is 2.22. The second kappa shape index (κ2) is 7.42. The summed E-state index contributed by atoms with van der Waals surface area (Å²) < 4.78 is 4.87. The number of piperidine rings is 1. The van der Waals surface area contributed by atoms with E-state index in [1.807, 2.05) is 20.8 Å². The standard InChI is InChI=1S/C9H15NO2.C2H6/c1-3-12-9(11)10-6-4-8(2)5-7-10;1-2/h2-7H2,1H3;1-2H3. The Morgan fingerprint density at radius 3 is 2.36 bits per heavy atom. The molecular weight excluding hydrogens is 178 g/mol. The van der Waals surface area contributed by atoms with Crippen molar-refractivity contribution in [2.24, 2.45) is 0 Å². The minimum Gasteiger partial charge on any atom is -0.450 e. The molecule has 0 bridgehead atoms. The van der Waals surface area contributed by atoms with Crippen LogP contribution in [-0.4, -0.2) is 30.7 Å². The van der Waals surface area contributed by atoms with Crippen molar-refractivity contribution in [2.75, 3.05) is 19.7 Å². The molecule has 0 saturated carbocycles. The first-order valence-corrected chi connectivity index (χ1v) is 5.32. The van der Waals surface area contributed by atoms with Gasteiger partial charge in [0.1, 0.15) is 0 Å². The fraction of sp³-hybridized carbons (Fsp3) is 0.727. The van der Waals surface area contributed by atoms with Gasteiger partial charge in [-0.2, -0.15) is 0 Å². The van der Waals surface area contributed by atoms with Gasteiger partial charge in [0, 0.05) is 13.1 Å². The zero-order chi connectivity index (χ0) is 11.0. The van der Waals surface area contributed by atoms with Crippen LogP contribution in [0.2, 0.25) is 0 Å². The molecule has 0 aromatic heterocycles. The molecule has 1 amide bonds. The molecule has 14 heavy (non-hydrogen) atoms. The molecule has 1 aliphatic rings. The molecule has 0 unspecified atom stereocenters. The van der Waals surface area contributed by atoms with E-state index in [-0.39, 0.29) is 6.09 Å². The van der Waals surface area contributed by atoms with Crippen LogP contribution in [-0.2, 0) is 4.74 Å². The summed E-state index contributed by atoms with van der Waals surface area (Å²) in [6, 6.07) is 0. The Morgan fingerprint density at radius 2 is 1.93 bits per heavy atom. The predicted octanol–water partition coefficient (Wildman–Crippen LogP) is 2.82. The van der Waals surface area contributed by atoms with Crippen LogP contribution in [0.1, 0.15) is 33.6 Å². The number of ether oxygens (including phenoxy) is 1. The van der Waals surface area contributed by atoms with Crippen LogP contribution in [0, 0.1) is 0 Å². The van der Waals surface area contributed by atoms with Gasteiger partial charge < -0.3 is 9.64 Å². The Morgan fingerprint density at radius 1 is 1.43 bits per heavy atom. The number of nitrogens with zero attached hydrogens (tertiary/aromatic N) is 1. The van der Waals surface area contributed by atoms with Crippen molar-refractivity contribution >= 4 is 6.09 Å². The third-order valence-corrected chi connectivity index (χ3v) is 2.00. The molecule has 1 fully saturated rings. The Balaban J connectivity index is 0.000000791. The molecule has 0 N–H and O–H groups in total. The summed E-state index contributed by atoms with van der Waals surface area (Å²) >= 11 is 0.